The van der Waals surface area contributed by atoms with Crippen molar-refractivity contribution >= 4 is 21.6 Å². The van der Waals surface area contributed by atoms with Crippen LogP contribution in [0.1, 0.15) is 24.0 Å². The summed E-state index contributed by atoms with van der Waals surface area (Å²) in [5.41, 5.74) is 2.47. The van der Waals surface area contributed by atoms with E-state index in [9.17, 15) is 13.2 Å². The molecule has 3 aromatic carbocycles. The Morgan fingerprint density at radius 2 is 1.72 bits per heavy atom. The van der Waals surface area contributed by atoms with Gasteiger partial charge in [-0.2, -0.15) is 0 Å². The maximum atomic E-state index is 13.4. The third-order valence-electron chi connectivity index (χ3n) is 5.56. The van der Waals surface area contributed by atoms with Gasteiger partial charge in [-0.1, -0.05) is 61.5 Å². The first-order valence-corrected chi connectivity index (χ1v) is 12.0. The molecule has 1 aliphatic rings. The molecule has 7 heteroatoms. The first kappa shape index (κ1) is 21.9. The van der Waals surface area contributed by atoms with Crippen LogP contribution in [0.3, 0.4) is 0 Å². The highest BCUT2D eigenvalue weighted by Crippen LogP contribution is 2.37. The van der Waals surface area contributed by atoms with E-state index >= 15 is 0 Å². The van der Waals surface area contributed by atoms with Crippen LogP contribution in [0.15, 0.2) is 83.8 Å². The predicted octanol–water partition coefficient (Wildman–Crippen LogP) is 3.87. The second-order valence-electron chi connectivity index (χ2n) is 7.98. The standard InChI is InChI=1S/C25H26N2O4S/c1-18-13-14-22-23(15-18)31-24(17-27(22)32(29,30)21-11-7-4-8-12-21)25(28)26-16-19(2)20-9-5-3-6-10-20/h3-15,19,24H,16-17H2,1-2H3,(H,26,28)/t19-,24+/m1/s1. The number of sulfonamides is 1. The van der Waals surface area contributed by atoms with Gasteiger partial charge >= 0.3 is 0 Å². The minimum Gasteiger partial charge on any atom is -0.476 e. The first-order chi connectivity index (χ1) is 15.4. The number of carbonyl (C=O) groups excluding carboxylic acids is 1. The second kappa shape index (κ2) is 9.04. The van der Waals surface area contributed by atoms with Gasteiger partial charge in [0, 0.05) is 6.54 Å². The summed E-state index contributed by atoms with van der Waals surface area (Å²) < 4.78 is 34.0. The van der Waals surface area contributed by atoms with Crippen molar-refractivity contribution in [3.63, 3.8) is 0 Å². The Morgan fingerprint density at radius 3 is 2.41 bits per heavy atom. The molecule has 3 aromatic rings. The number of nitrogens with one attached hydrogen (secondary N) is 1. The molecule has 0 aromatic heterocycles. The molecule has 6 nitrogen and oxygen atoms in total. The average molecular weight is 451 g/mol. The fourth-order valence-corrected chi connectivity index (χ4v) is 5.21. The van der Waals surface area contributed by atoms with Crippen LogP contribution in [0.5, 0.6) is 5.75 Å². The van der Waals surface area contributed by atoms with Crippen molar-refractivity contribution in [2.24, 2.45) is 0 Å². The highest BCUT2D eigenvalue weighted by atomic mass is 32.2. The van der Waals surface area contributed by atoms with E-state index in [1.807, 2.05) is 50.2 Å². The number of carbonyl (C=O) groups is 1. The van der Waals surface area contributed by atoms with Gasteiger partial charge < -0.3 is 10.1 Å². The lowest BCUT2D eigenvalue weighted by molar-refractivity contribution is -0.127. The molecule has 0 radical (unpaired) electrons. The summed E-state index contributed by atoms with van der Waals surface area (Å²) in [6, 6.07) is 23.4. The van der Waals surface area contributed by atoms with Crippen LogP contribution < -0.4 is 14.4 Å². The number of amides is 1. The van der Waals surface area contributed by atoms with Gasteiger partial charge in [-0.3, -0.25) is 9.10 Å². The topological polar surface area (TPSA) is 75.7 Å². The summed E-state index contributed by atoms with van der Waals surface area (Å²) in [5.74, 6) is 0.155. The fraction of sp³-hybridized carbons (Fsp3) is 0.240. The Balaban J connectivity index is 1.57. The lowest BCUT2D eigenvalue weighted by atomic mass is 10.0. The van der Waals surface area contributed by atoms with Crippen molar-refractivity contribution in [3.05, 3.63) is 90.0 Å². The van der Waals surface area contributed by atoms with E-state index < -0.39 is 16.1 Å². The summed E-state index contributed by atoms with van der Waals surface area (Å²) >= 11 is 0. The van der Waals surface area contributed by atoms with Gasteiger partial charge in [0.1, 0.15) is 5.75 Å². The smallest absolute Gasteiger partial charge is 0.264 e. The number of hydrogen-bond donors (Lipinski definition) is 1. The SMILES string of the molecule is Cc1ccc2c(c1)O[C@H](C(=O)NC[C@@H](C)c1ccccc1)CN2S(=O)(=O)c1ccccc1. The number of benzene rings is 3. The lowest BCUT2D eigenvalue weighted by Gasteiger charge is -2.35. The minimum absolute atomic E-state index is 0.0984. The lowest BCUT2D eigenvalue weighted by Crippen LogP contribution is -2.51. The van der Waals surface area contributed by atoms with Crippen molar-refractivity contribution in [1.29, 1.82) is 0 Å². The molecule has 4 rings (SSSR count). The monoisotopic (exact) mass is 450 g/mol. The van der Waals surface area contributed by atoms with Crippen molar-refractivity contribution in [2.45, 2.75) is 30.8 Å². The molecule has 0 unspecified atom stereocenters. The van der Waals surface area contributed by atoms with E-state index in [1.54, 1.807) is 42.5 Å². The molecule has 1 heterocycles. The van der Waals surface area contributed by atoms with E-state index in [2.05, 4.69) is 5.32 Å². The number of hydrogen-bond acceptors (Lipinski definition) is 4. The number of nitrogens with zero attached hydrogens (tertiary/aromatic N) is 1. The first-order valence-electron chi connectivity index (χ1n) is 10.5. The highest BCUT2D eigenvalue weighted by molar-refractivity contribution is 7.92. The predicted molar refractivity (Wildman–Crippen MR) is 124 cm³/mol. The van der Waals surface area contributed by atoms with Gasteiger partial charge in [0.25, 0.3) is 15.9 Å². The van der Waals surface area contributed by atoms with Crippen LogP contribution in [-0.2, 0) is 14.8 Å². The Hall–Kier alpha value is -3.32. The van der Waals surface area contributed by atoms with Crippen LogP contribution >= 0.6 is 0 Å². The molecule has 2 atom stereocenters. The maximum absolute atomic E-state index is 13.4. The Bertz CT molecular complexity index is 1200. The number of fused-ring (bicyclic) bond motifs is 1. The van der Waals surface area contributed by atoms with Crippen molar-refractivity contribution in [3.8, 4) is 5.75 Å². The fourth-order valence-electron chi connectivity index (χ4n) is 3.71. The van der Waals surface area contributed by atoms with E-state index in [-0.39, 0.29) is 23.3 Å². The van der Waals surface area contributed by atoms with Gasteiger partial charge in [-0.15, -0.1) is 0 Å². The zero-order valence-corrected chi connectivity index (χ0v) is 18.9. The average Bonchev–Trinajstić information content (AvgIpc) is 2.82. The molecular weight excluding hydrogens is 424 g/mol. The van der Waals surface area contributed by atoms with Crippen LogP contribution in [0.25, 0.3) is 0 Å². The third-order valence-corrected chi connectivity index (χ3v) is 7.35. The van der Waals surface area contributed by atoms with Crippen LogP contribution in [-0.4, -0.2) is 33.5 Å². The van der Waals surface area contributed by atoms with Gasteiger partial charge in [0.2, 0.25) is 0 Å². The largest absolute Gasteiger partial charge is 0.476 e. The molecule has 1 N–H and O–H groups in total. The van der Waals surface area contributed by atoms with Crippen molar-refractivity contribution < 1.29 is 17.9 Å². The molecule has 0 aliphatic carbocycles. The minimum atomic E-state index is -3.86. The number of ether oxygens (including phenoxy) is 1. The molecule has 0 spiro atoms. The molecule has 1 aliphatic heterocycles. The van der Waals surface area contributed by atoms with Crippen molar-refractivity contribution in [2.75, 3.05) is 17.4 Å². The van der Waals surface area contributed by atoms with Crippen LogP contribution in [0.2, 0.25) is 0 Å². The zero-order valence-electron chi connectivity index (χ0n) is 18.1. The highest BCUT2D eigenvalue weighted by Gasteiger charge is 2.37. The summed E-state index contributed by atoms with van der Waals surface area (Å²) in [4.78, 5) is 13.2. The third kappa shape index (κ3) is 4.48. The number of rotatable bonds is 6. The van der Waals surface area contributed by atoms with E-state index in [1.165, 1.54) is 4.31 Å². The molecule has 0 saturated carbocycles. The quantitative estimate of drug-likeness (QED) is 0.619. The van der Waals surface area contributed by atoms with Gasteiger partial charge in [0.15, 0.2) is 6.10 Å². The van der Waals surface area contributed by atoms with E-state index in [0.717, 1.165) is 11.1 Å². The Kier molecular flexibility index (Phi) is 6.19. The molecule has 1 amide bonds. The van der Waals surface area contributed by atoms with Crippen molar-refractivity contribution in [1.82, 2.24) is 5.32 Å². The summed E-state index contributed by atoms with van der Waals surface area (Å²) in [7, 11) is -3.86. The normalized spacial score (nSPS) is 16.6. The summed E-state index contributed by atoms with van der Waals surface area (Å²) in [5, 5.41) is 2.92. The molecule has 0 fully saturated rings. The molecular formula is C25H26N2O4S. The number of anilines is 1. The van der Waals surface area contributed by atoms with Crippen LogP contribution in [0.4, 0.5) is 5.69 Å². The summed E-state index contributed by atoms with van der Waals surface area (Å²) in [6.07, 6.45) is -0.953. The van der Waals surface area contributed by atoms with Crippen LogP contribution in [0, 0.1) is 6.92 Å². The molecule has 166 valence electrons. The maximum Gasteiger partial charge on any atom is 0.264 e. The number of aryl methyl sites for hydroxylation is 1. The second-order valence-corrected chi connectivity index (χ2v) is 9.85. The van der Waals surface area contributed by atoms with Gasteiger partial charge in [0.05, 0.1) is 17.1 Å². The Morgan fingerprint density at radius 1 is 1.06 bits per heavy atom. The molecule has 0 bridgehead atoms. The van der Waals surface area contributed by atoms with Gasteiger partial charge in [-0.05, 0) is 48.2 Å². The van der Waals surface area contributed by atoms with E-state index in [0.29, 0.717) is 18.0 Å². The molecule has 32 heavy (non-hydrogen) atoms. The van der Waals surface area contributed by atoms with E-state index in [4.69, 9.17) is 4.74 Å². The summed E-state index contributed by atoms with van der Waals surface area (Å²) in [6.45, 7) is 4.25. The zero-order chi connectivity index (χ0) is 22.7. The van der Waals surface area contributed by atoms with Gasteiger partial charge in [-0.25, -0.2) is 8.42 Å². The molecule has 0 saturated heterocycles. The Labute approximate surface area is 188 Å².